The van der Waals surface area contributed by atoms with Gasteiger partial charge in [-0.15, -0.1) is 0 Å². The largest absolute Gasteiger partial charge is 0.398 e. The molecule has 2 atom stereocenters. The zero-order valence-corrected chi connectivity index (χ0v) is 15.9. The quantitative estimate of drug-likeness (QED) is 0.258. The van der Waals surface area contributed by atoms with Crippen LogP contribution in [0.25, 0.3) is 0 Å². The summed E-state index contributed by atoms with van der Waals surface area (Å²) < 4.78 is 0. The third-order valence-electron chi connectivity index (χ3n) is 4.38. The summed E-state index contributed by atoms with van der Waals surface area (Å²) in [6, 6.07) is 0. The summed E-state index contributed by atoms with van der Waals surface area (Å²) in [4.78, 5) is 25.2. The third kappa shape index (κ3) is 5.39. The minimum atomic E-state index is -1.09. The summed E-state index contributed by atoms with van der Waals surface area (Å²) in [5.74, 6) is -1.02. The predicted molar refractivity (Wildman–Crippen MR) is 101 cm³/mol. The number of hydrogen-bond acceptors (Lipinski definition) is 7. The highest BCUT2D eigenvalue weighted by atomic mass is 16.3. The molecule has 0 radical (unpaired) electrons. The molecule has 0 saturated heterocycles. The number of benzene rings is 1. The molecule has 1 aromatic rings. The summed E-state index contributed by atoms with van der Waals surface area (Å²) >= 11 is 0. The number of amides is 2. The van der Waals surface area contributed by atoms with Crippen molar-refractivity contribution in [1.29, 1.82) is 0 Å². The third-order valence-corrected chi connectivity index (χ3v) is 4.38. The van der Waals surface area contributed by atoms with Gasteiger partial charge in [0.15, 0.2) is 0 Å². The molecule has 0 bridgehead atoms. The number of carbonyl (C=O) groups excluding carboxylic acids is 2. The summed E-state index contributed by atoms with van der Waals surface area (Å²) in [6.07, 6.45) is -1.72. The van der Waals surface area contributed by atoms with Crippen LogP contribution >= 0.6 is 0 Å². The Bertz CT molecular complexity index is 692. The van der Waals surface area contributed by atoms with Gasteiger partial charge in [0.2, 0.25) is 0 Å². The van der Waals surface area contributed by atoms with Crippen molar-refractivity contribution in [3.8, 4) is 0 Å². The van der Waals surface area contributed by atoms with Gasteiger partial charge in [-0.1, -0.05) is 6.92 Å². The van der Waals surface area contributed by atoms with Gasteiger partial charge < -0.3 is 36.8 Å². The number of carbonyl (C=O) groups is 2. The maximum Gasteiger partial charge on any atom is 0.252 e. The van der Waals surface area contributed by atoms with Crippen molar-refractivity contribution in [3.05, 3.63) is 27.8 Å². The van der Waals surface area contributed by atoms with E-state index in [1.807, 2.05) is 6.92 Å². The second kappa shape index (κ2) is 10.2. The average molecular weight is 383 g/mol. The number of nitrogen functional groups attached to an aromatic ring is 1. The Morgan fingerprint density at radius 2 is 1.37 bits per heavy atom. The SMILES string of the molecule is CCc1c(N)c(C)c(C(=O)NCC(O)CO)c(C)c1C(=O)NCC(O)CO. The van der Waals surface area contributed by atoms with Crippen molar-refractivity contribution >= 4 is 17.5 Å². The molecule has 0 aliphatic heterocycles. The first-order chi connectivity index (χ1) is 12.7. The second-order valence-corrected chi connectivity index (χ2v) is 6.34. The number of anilines is 1. The van der Waals surface area contributed by atoms with Crippen LogP contribution in [0.5, 0.6) is 0 Å². The number of hydrogen-bond donors (Lipinski definition) is 7. The normalized spacial score (nSPS) is 13.1. The molecule has 0 heterocycles. The van der Waals surface area contributed by atoms with Gasteiger partial charge in [0, 0.05) is 29.9 Å². The van der Waals surface area contributed by atoms with E-state index in [4.69, 9.17) is 15.9 Å². The molecule has 9 nitrogen and oxygen atoms in total. The molecule has 2 unspecified atom stereocenters. The van der Waals surface area contributed by atoms with Crippen molar-refractivity contribution < 1.29 is 30.0 Å². The highest BCUT2D eigenvalue weighted by Crippen LogP contribution is 2.30. The Morgan fingerprint density at radius 3 is 1.78 bits per heavy atom. The topological polar surface area (TPSA) is 165 Å². The summed E-state index contributed by atoms with van der Waals surface area (Å²) in [6.45, 7) is 3.87. The zero-order valence-electron chi connectivity index (χ0n) is 15.9. The van der Waals surface area contributed by atoms with Crippen LogP contribution < -0.4 is 16.4 Å². The van der Waals surface area contributed by atoms with Crippen molar-refractivity contribution in [1.82, 2.24) is 10.6 Å². The lowest BCUT2D eigenvalue weighted by molar-refractivity contribution is 0.0798. The molecule has 8 N–H and O–H groups in total. The highest BCUT2D eigenvalue weighted by Gasteiger charge is 2.25. The molecule has 1 rings (SSSR count). The Balaban J connectivity index is 3.32. The number of aliphatic hydroxyl groups excluding tert-OH is 4. The Kier molecular flexibility index (Phi) is 8.64. The molecule has 2 amide bonds. The molecule has 0 aliphatic carbocycles. The Hall–Kier alpha value is -2.20. The lowest BCUT2D eigenvalue weighted by atomic mass is 9.88. The molecular weight excluding hydrogens is 354 g/mol. The molecule has 9 heteroatoms. The number of nitrogens with two attached hydrogens (primary N) is 1. The van der Waals surface area contributed by atoms with E-state index in [9.17, 15) is 19.8 Å². The maximum atomic E-state index is 12.7. The van der Waals surface area contributed by atoms with Crippen molar-refractivity contribution in [2.24, 2.45) is 0 Å². The van der Waals surface area contributed by atoms with Crippen LogP contribution in [0.15, 0.2) is 0 Å². The predicted octanol–water partition coefficient (Wildman–Crippen LogP) is -1.39. The van der Waals surface area contributed by atoms with Crippen molar-refractivity contribution in [2.75, 3.05) is 32.0 Å². The van der Waals surface area contributed by atoms with Crippen molar-refractivity contribution in [3.63, 3.8) is 0 Å². The Labute approximate surface area is 158 Å². The van der Waals surface area contributed by atoms with E-state index in [0.717, 1.165) is 0 Å². The molecule has 0 saturated carbocycles. The van der Waals surface area contributed by atoms with Crippen LogP contribution in [-0.2, 0) is 6.42 Å². The zero-order chi connectivity index (χ0) is 20.7. The lowest BCUT2D eigenvalue weighted by Gasteiger charge is -2.21. The molecule has 0 aromatic heterocycles. The van der Waals surface area contributed by atoms with Gasteiger partial charge in [-0.2, -0.15) is 0 Å². The molecule has 0 aliphatic rings. The summed E-state index contributed by atoms with van der Waals surface area (Å²) in [7, 11) is 0. The van der Waals surface area contributed by atoms with Crippen LogP contribution in [-0.4, -0.2) is 70.8 Å². The fraction of sp³-hybridized carbons (Fsp3) is 0.556. The minimum Gasteiger partial charge on any atom is -0.398 e. The molecule has 0 fully saturated rings. The van der Waals surface area contributed by atoms with Gasteiger partial charge in [-0.3, -0.25) is 9.59 Å². The fourth-order valence-corrected chi connectivity index (χ4v) is 2.87. The van der Waals surface area contributed by atoms with Crippen LogP contribution in [0.3, 0.4) is 0 Å². The Morgan fingerprint density at radius 1 is 0.926 bits per heavy atom. The first-order valence-corrected chi connectivity index (χ1v) is 8.75. The minimum absolute atomic E-state index is 0.143. The standard InChI is InChI=1S/C18H29N3O6/c1-4-13-15(18(27)21-6-12(25)8-23)9(2)14(10(3)16(13)19)17(26)20-5-11(24)7-22/h11-12,22-25H,4-8,19H2,1-3H3,(H,20,26)(H,21,27). The van der Waals surface area contributed by atoms with E-state index in [2.05, 4.69) is 10.6 Å². The molecular formula is C18H29N3O6. The van der Waals surface area contributed by atoms with Gasteiger partial charge in [-0.25, -0.2) is 0 Å². The van der Waals surface area contributed by atoms with Gasteiger partial charge >= 0.3 is 0 Å². The highest BCUT2D eigenvalue weighted by molar-refractivity contribution is 6.06. The molecule has 0 spiro atoms. The monoisotopic (exact) mass is 383 g/mol. The van der Waals surface area contributed by atoms with Gasteiger partial charge in [0.25, 0.3) is 11.8 Å². The summed E-state index contributed by atoms with van der Waals surface area (Å²) in [5, 5.41) is 41.6. The average Bonchev–Trinajstić information content (AvgIpc) is 2.66. The lowest BCUT2D eigenvalue weighted by Crippen LogP contribution is -2.37. The second-order valence-electron chi connectivity index (χ2n) is 6.34. The molecule has 27 heavy (non-hydrogen) atoms. The molecule has 152 valence electrons. The number of rotatable bonds is 9. The van der Waals surface area contributed by atoms with E-state index in [1.54, 1.807) is 13.8 Å². The van der Waals surface area contributed by atoms with Crippen molar-refractivity contribution in [2.45, 2.75) is 39.4 Å². The smallest absolute Gasteiger partial charge is 0.252 e. The first kappa shape index (κ1) is 22.8. The fourth-order valence-electron chi connectivity index (χ4n) is 2.87. The van der Waals surface area contributed by atoms with E-state index in [1.165, 1.54) is 0 Å². The van der Waals surface area contributed by atoms with Gasteiger partial charge in [-0.05, 0) is 37.0 Å². The van der Waals surface area contributed by atoms with Crippen LogP contribution in [0.4, 0.5) is 5.69 Å². The maximum absolute atomic E-state index is 12.7. The number of nitrogens with one attached hydrogen (secondary N) is 2. The van der Waals surface area contributed by atoms with Gasteiger partial charge in [0.1, 0.15) is 0 Å². The van der Waals surface area contributed by atoms with E-state index in [-0.39, 0.29) is 24.2 Å². The van der Waals surface area contributed by atoms with E-state index < -0.39 is 37.2 Å². The first-order valence-electron chi connectivity index (χ1n) is 8.75. The van der Waals surface area contributed by atoms with E-state index >= 15 is 0 Å². The summed E-state index contributed by atoms with van der Waals surface area (Å²) in [5.41, 5.74) is 8.49. The van der Waals surface area contributed by atoms with Gasteiger partial charge in [0.05, 0.1) is 25.4 Å². The number of aliphatic hydroxyl groups is 4. The molecule has 1 aromatic carbocycles. The van der Waals surface area contributed by atoms with Crippen LogP contribution in [0.1, 0.15) is 44.3 Å². The van der Waals surface area contributed by atoms with E-state index in [0.29, 0.717) is 28.8 Å². The van der Waals surface area contributed by atoms with Crippen LogP contribution in [0, 0.1) is 13.8 Å². The van der Waals surface area contributed by atoms with Crippen LogP contribution in [0.2, 0.25) is 0 Å².